The zero-order valence-corrected chi connectivity index (χ0v) is 13.4. The van der Waals surface area contributed by atoms with E-state index in [0.29, 0.717) is 0 Å². The molecule has 1 saturated heterocycles. The molecule has 1 aliphatic heterocycles. The van der Waals surface area contributed by atoms with Gasteiger partial charge in [-0.05, 0) is 41.9 Å². The SMILES string of the molecule is COc1cccc2c1CC1(CCN(c3cnccn3)CC1)C2N. The lowest BCUT2D eigenvalue weighted by molar-refractivity contribution is 0.186. The third-order valence-electron chi connectivity index (χ3n) is 5.55. The van der Waals surface area contributed by atoms with Crippen molar-refractivity contribution in [2.24, 2.45) is 11.1 Å². The summed E-state index contributed by atoms with van der Waals surface area (Å²) in [5.41, 5.74) is 9.37. The molecule has 1 spiro atoms. The standard InChI is InChI=1S/C18H22N4O/c1-23-15-4-2-3-13-14(15)11-18(17(13)19)5-9-22(10-6-18)16-12-20-7-8-21-16/h2-4,7-8,12,17H,5-6,9-11,19H2,1H3. The van der Waals surface area contributed by atoms with Crippen molar-refractivity contribution >= 4 is 5.82 Å². The molecule has 1 atom stereocenters. The quantitative estimate of drug-likeness (QED) is 0.922. The smallest absolute Gasteiger partial charge is 0.147 e. The lowest BCUT2D eigenvalue weighted by Gasteiger charge is -2.42. The number of nitrogens with two attached hydrogens (primary N) is 1. The van der Waals surface area contributed by atoms with Crippen LogP contribution in [0.25, 0.3) is 0 Å². The monoisotopic (exact) mass is 310 g/mol. The minimum Gasteiger partial charge on any atom is -0.496 e. The molecular weight excluding hydrogens is 288 g/mol. The minimum absolute atomic E-state index is 0.0941. The number of nitrogens with zero attached hydrogens (tertiary/aromatic N) is 3. The third-order valence-corrected chi connectivity index (χ3v) is 5.55. The van der Waals surface area contributed by atoms with Crippen LogP contribution in [0, 0.1) is 5.41 Å². The van der Waals surface area contributed by atoms with Crippen LogP contribution in [0.2, 0.25) is 0 Å². The zero-order chi connectivity index (χ0) is 15.9. The van der Waals surface area contributed by atoms with Gasteiger partial charge in [0.05, 0.1) is 13.3 Å². The number of hydrogen-bond donors (Lipinski definition) is 1. The Morgan fingerprint density at radius 2 is 2.09 bits per heavy atom. The first kappa shape index (κ1) is 14.5. The topological polar surface area (TPSA) is 64.3 Å². The van der Waals surface area contributed by atoms with Gasteiger partial charge >= 0.3 is 0 Å². The van der Waals surface area contributed by atoms with E-state index in [1.54, 1.807) is 19.5 Å². The van der Waals surface area contributed by atoms with Crippen molar-refractivity contribution in [2.75, 3.05) is 25.1 Å². The average Bonchev–Trinajstić information content (AvgIpc) is 2.89. The molecule has 23 heavy (non-hydrogen) atoms. The van der Waals surface area contributed by atoms with Crippen LogP contribution in [-0.4, -0.2) is 30.2 Å². The maximum absolute atomic E-state index is 6.66. The van der Waals surface area contributed by atoms with Gasteiger partial charge in [-0.1, -0.05) is 12.1 Å². The lowest BCUT2D eigenvalue weighted by Crippen LogP contribution is -2.44. The summed E-state index contributed by atoms with van der Waals surface area (Å²) in [6.45, 7) is 1.95. The highest BCUT2D eigenvalue weighted by Gasteiger charge is 2.47. The summed E-state index contributed by atoms with van der Waals surface area (Å²) in [7, 11) is 1.74. The molecule has 2 N–H and O–H groups in total. The first-order chi connectivity index (χ1) is 11.2. The van der Waals surface area contributed by atoms with Crippen LogP contribution in [0.5, 0.6) is 5.75 Å². The Hall–Kier alpha value is -2.14. The molecule has 1 aromatic carbocycles. The average molecular weight is 310 g/mol. The number of rotatable bonds is 2. The van der Waals surface area contributed by atoms with Gasteiger partial charge in [0.2, 0.25) is 0 Å². The zero-order valence-electron chi connectivity index (χ0n) is 13.4. The van der Waals surface area contributed by atoms with E-state index in [1.165, 1.54) is 11.1 Å². The summed E-state index contributed by atoms with van der Waals surface area (Å²) in [4.78, 5) is 10.9. The van der Waals surface area contributed by atoms with Gasteiger partial charge in [-0.3, -0.25) is 4.98 Å². The number of methoxy groups -OCH3 is 1. The van der Waals surface area contributed by atoms with Gasteiger partial charge in [0.25, 0.3) is 0 Å². The Kier molecular flexibility index (Phi) is 3.45. The van der Waals surface area contributed by atoms with Crippen molar-refractivity contribution in [1.82, 2.24) is 9.97 Å². The summed E-state index contributed by atoms with van der Waals surface area (Å²) < 4.78 is 5.55. The fourth-order valence-corrected chi connectivity index (χ4v) is 4.17. The van der Waals surface area contributed by atoms with E-state index in [2.05, 4.69) is 20.9 Å². The van der Waals surface area contributed by atoms with E-state index >= 15 is 0 Å². The van der Waals surface area contributed by atoms with Crippen LogP contribution in [0.1, 0.15) is 30.0 Å². The minimum atomic E-state index is 0.0941. The molecule has 0 amide bonds. The predicted octanol–water partition coefficient (Wildman–Crippen LogP) is 2.33. The molecule has 2 heterocycles. The van der Waals surface area contributed by atoms with Crippen LogP contribution < -0.4 is 15.4 Å². The van der Waals surface area contributed by atoms with Gasteiger partial charge in [0.15, 0.2) is 0 Å². The molecule has 5 nitrogen and oxygen atoms in total. The van der Waals surface area contributed by atoms with Crippen LogP contribution in [-0.2, 0) is 6.42 Å². The number of benzene rings is 1. The lowest BCUT2D eigenvalue weighted by atomic mass is 9.73. The molecule has 4 rings (SSSR count). The highest BCUT2D eigenvalue weighted by Crippen LogP contribution is 2.52. The fourth-order valence-electron chi connectivity index (χ4n) is 4.17. The van der Waals surface area contributed by atoms with E-state index in [0.717, 1.165) is 43.9 Å². The molecule has 1 unspecified atom stereocenters. The Balaban J connectivity index is 1.56. The fraction of sp³-hybridized carbons (Fsp3) is 0.444. The van der Waals surface area contributed by atoms with Gasteiger partial charge in [0, 0.05) is 31.5 Å². The van der Waals surface area contributed by atoms with Crippen LogP contribution in [0.15, 0.2) is 36.8 Å². The molecular formula is C18H22N4O. The Morgan fingerprint density at radius 3 is 2.78 bits per heavy atom. The molecule has 2 aliphatic rings. The molecule has 120 valence electrons. The molecule has 5 heteroatoms. The van der Waals surface area contributed by atoms with Crippen molar-refractivity contribution in [3.63, 3.8) is 0 Å². The number of piperidine rings is 1. The Labute approximate surface area is 136 Å². The molecule has 0 bridgehead atoms. The van der Waals surface area contributed by atoms with E-state index in [-0.39, 0.29) is 11.5 Å². The number of fused-ring (bicyclic) bond motifs is 1. The summed E-state index contributed by atoms with van der Waals surface area (Å²) >= 11 is 0. The maximum Gasteiger partial charge on any atom is 0.147 e. The van der Waals surface area contributed by atoms with Crippen molar-refractivity contribution in [2.45, 2.75) is 25.3 Å². The van der Waals surface area contributed by atoms with Gasteiger partial charge in [-0.15, -0.1) is 0 Å². The van der Waals surface area contributed by atoms with Crippen molar-refractivity contribution < 1.29 is 4.74 Å². The maximum atomic E-state index is 6.66. The summed E-state index contributed by atoms with van der Waals surface area (Å²) in [5.74, 6) is 1.94. The Morgan fingerprint density at radius 1 is 1.26 bits per heavy atom. The molecule has 2 aromatic rings. The van der Waals surface area contributed by atoms with Gasteiger partial charge < -0.3 is 15.4 Å². The van der Waals surface area contributed by atoms with E-state index in [9.17, 15) is 0 Å². The van der Waals surface area contributed by atoms with Gasteiger partial charge in [-0.25, -0.2) is 4.98 Å². The van der Waals surface area contributed by atoms with Crippen LogP contribution in [0.4, 0.5) is 5.82 Å². The Bertz CT molecular complexity index is 695. The predicted molar refractivity (Wildman–Crippen MR) is 89.5 cm³/mol. The van der Waals surface area contributed by atoms with Crippen molar-refractivity contribution in [3.05, 3.63) is 47.9 Å². The summed E-state index contributed by atoms with van der Waals surface area (Å²) in [6, 6.07) is 6.34. The first-order valence-corrected chi connectivity index (χ1v) is 8.16. The first-order valence-electron chi connectivity index (χ1n) is 8.16. The summed E-state index contributed by atoms with van der Waals surface area (Å²) in [5, 5.41) is 0. The van der Waals surface area contributed by atoms with E-state index < -0.39 is 0 Å². The largest absolute Gasteiger partial charge is 0.496 e. The number of ether oxygens (including phenoxy) is 1. The van der Waals surface area contributed by atoms with E-state index in [4.69, 9.17) is 10.5 Å². The second-order valence-corrected chi connectivity index (χ2v) is 6.60. The molecule has 1 aliphatic carbocycles. The highest BCUT2D eigenvalue weighted by atomic mass is 16.5. The van der Waals surface area contributed by atoms with Gasteiger partial charge in [-0.2, -0.15) is 0 Å². The van der Waals surface area contributed by atoms with Gasteiger partial charge in [0.1, 0.15) is 11.6 Å². The van der Waals surface area contributed by atoms with E-state index in [1.807, 2.05) is 18.3 Å². The second kappa shape index (κ2) is 5.49. The third kappa shape index (κ3) is 2.27. The highest BCUT2D eigenvalue weighted by molar-refractivity contribution is 5.48. The number of aromatic nitrogens is 2. The second-order valence-electron chi connectivity index (χ2n) is 6.60. The van der Waals surface area contributed by atoms with Crippen molar-refractivity contribution in [1.29, 1.82) is 0 Å². The molecule has 0 radical (unpaired) electrons. The van der Waals surface area contributed by atoms with Crippen LogP contribution >= 0.6 is 0 Å². The molecule has 1 fully saturated rings. The molecule has 0 saturated carbocycles. The van der Waals surface area contributed by atoms with Crippen molar-refractivity contribution in [3.8, 4) is 5.75 Å². The number of anilines is 1. The number of hydrogen-bond acceptors (Lipinski definition) is 5. The molecule has 1 aromatic heterocycles. The summed E-state index contributed by atoms with van der Waals surface area (Å²) in [6.07, 6.45) is 8.46. The normalized spacial score (nSPS) is 22.2. The van der Waals surface area contributed by atoms with Crippen LogP contribution in [0.3, 0.4) is 0 Å².